The smallest absolute Gasteiger partial charge is 0.326 e. The number of aliphatic hydroxyl groups is 1. The molecule has 1 aromatic heterocycles. The molecule has 0 spiro atoms. The third-order valence-corrected chi connectivity index (χ3v) is 5.84. The number of hydrogen-bond acceptors (Lipinski definition) is 6. The molecule has 1 heterocycles. The summed E-state index contributed by atoms with van der Waals surface area (Å²) in [6.07, 6.45) is -1.13. The average molecular weight is 461 g/mol. The molecule has 2 N–H and O–H groups in total. The van der Waals surface area contributed by atoms with Crippen molar-refractivity contribution in [1.82, 2.24) is 10.3 Å². The van der Waals surface area contributed by atoms with E-state index in [1.165, 1.54) is 11.3 Å². The number of nitrogens with zero attached hydrogens (tertiary/aromatic N) is 1. The number of carbonyl (C=O) groups excluding carboxylic acids is 1. The number of aliphatic hydroxyl groups excluding tert-OH is 1. The zero-order valence-corrected chi connectivity index (χ0v) is 17.7. The number of rotatable bonds is 8. The Hall–Kier alpha value is -2.06. The fraction of sp³-hybridized carbons (Fsp3) is 0.238. The number of thiazole rings is 1. The highest BCUT2D eigenvalue weighted by atomic mass is 79.9. The largest absolute Gasteiger partial charge is 0.465 e. The lowest BCUT2D eigenvalue weighted by Gasteiger charge is -2.27. The molecule has 3 aromatic rings. The van der Waals surface area contributed by atoms with Crippen LogP contribution in [0.25, 0.3) is 0 Å². The van der Waals surface area contributed by atoms with Crippen molar-refractivity contribution >= 4 is 33.2 Å². The maximum atomic E-state index is 12.7. The number of nitrogens with one attached hydrogen (secondary N) is 1. The summed E-state index contributed by atoms with van der Waals surface area (Å²) >= 11 is 4.58. The van der Waals surface area contributed by atoms with Gasteiger partial charge in [0.15, 0.2) is 0 Å². The highest BCUT2D eigenvalue weighted by molar-refractivity contribution is 9.10. The van der Waals surface area contributed by atoms with Gasteiger partial charge < -0.3 is 9.84 Å². The van der Waals surface area contributed by atoms with Crippen LogP contribution in [-0.2, 0) is 9.53 Å². The van der Waals surface area contributed by atoms with Crippen LogP contribution >= 0.6 is 27.3 Å². The van der Waals surface area contributed by atoms with E-state index in [4.69, 9.17) is 4.74 Å². The summed E-state index contributed by atoms with van der Waals surface area (Å²) < 4.78 is 5.85. The van der Waals surface area contributed by atoms with Crippen LogP contribution in [0.2, 0.25) is 0 Å². The quantitative estimate of drug-likeness (QED) is 0.491. The van der Waals surface area contributed by atoms with Gasteiger partial charge in [-0.2, -0.15) is 0 Å². The molecule has 0 aliphatic carbocycles. The third-order valence-electron chi connectivity index (χ3n) is 4.22. The molecule has 2 aromatic carbocycles. The second-order valence-electron chi connectivity index (χ2n) is 6.10. The minimum absolute atomic E-state index is 0.229. The monoisotopic (exact) mass is 460 g/mol. The Kier molecular flexibility index (Phi) is 7.33. The van der Waals surface area contributed by atoms with E-state index in [-0.39, 0.29) is 12.6 Å². The Morgan fingerprint density at radius 1 is 1.14 bits per heavy atom. The van der Waals surface area contributed by atoms with E-state index >= 15 is 0 Å². The fourth-order valence-electron chi connectivity index (χ4n) is 2.92. The molecule has 7 heteroatoms. The van der Waals surface area contributed by atoms with Crippen LogP contribution < -0.4 is 5.32 Å². The van der Waals surface area contributed by atoms with Crippen LogP contribution in [-0.4, -0.2) is 28.7 Å². The zero-order valence-electron chi connectivity index (χ0n) is 15.3. The number of hydrogen-bond donors (Lipinski definition) is 2. The SMILES string of the molecule is CCOC(=O)C(NC(c1ccccc1)c1ccccc1)C(O)c1nc(Br)cs1. The Morgan fingerprint density at radius 3 is 2.18 bits per heavy atom. The zero-order chi connectivity index (χ0) is 19.9. The third kappa shape index (κ3) is 5.05. The van der Waals surface area contributed by atoms with Crippen LogP contribution in [0.1, 0.15) is 35.2 Å². The molecule has 0 fully saturated rings. The number of carbonyl (C=O) groups is 1. The molecule has 0 aliphatic heterocycles. The van der Waals surface area contributed by atoms with E-state index in [2.05, 4.69) is 26.2 Å². The summed E-state index contributed by atoms with van der Waals surface area (Å²) in [5.41, 5.74) is 1.96. The van der Waals surface area contributed by atoms with Crippen LogP contribution in [0.4, 0.5) is 0 Å². The first-order chi connectivity index (χ1) is 13.6. The minimum Gasteiger partial charge on any atom is -0.465 e. The topological polar surface area (TPSA) is 71.5 Å². The molecule has 2 atom stereocenters. The van der Waals surface area contributed by atoms with Crippen LogP contribution in [0.5, 0.6) is 0 Å². The van der Waals surface area contributed by atoms with Gasteiger partial charge in [-0.05, 0) is 34.0 Å². The number of halogens is 1. The molecule has 0 aliphatic rings. The van der Waals surface area contributed by atoms with Gasteiger partial charge in [-0.25, -0.2) is 4.98 Å². The summed E-state index contributed by atoms with van der Waals surface area (Å²) in [6, 6.07) is 18.3. The average Bonchev–Trinajstić information content (AvgIpc) is 3.16. The van der Waals surface area contributed by atoms with E-state index < -0.39 is 18.1 Å². The molecule has 0 bridgehead atoms. The van der Waals surface area contributed by atoms with Gasteiger partial charge in [-0.1, -0.05) is 60.7 Å². The van der Waals surface area contributed by atoms with Crippen molar-refractivity contribution in [3.8, 4) is 0 Å². The lowest BCUT2D eigenvalue weighted by Crippen LogP contribution is -2.45. The molecule has 5 nitrogen and oxygen atoms in total. The molecule has 0 saturated carbocycles. The van der Waals surface area contributed by atoms with Gasteiger partial charge in [0, 0.05) is 5.38 Å². The Labute approximate surface area is 176 Å². The number of esters is 1. The van der Waals surface area contributed by atoms with E-state index in [0.717, 1.165) is 11.1 Å². The van der Waals surface area contributed by atoms with Gasteiger partial charge in [0.1, 0.15) is 21.8 Å². The van der Waals surface area contributed by atoms with Gasteiger partial charge in [0.2, 0.25) is 0 Å². The van der Waals surface area contributed by atoms with Crippen LogP contribution in [0.15, 0.2) is 70.6 Å². The number of benzene rings is 2. The summed E-state index contributed by atoms with van der Waals surface area (Å²) in [5.74, 6) is -0.516. The van der Waals surface area contributed by atoms with Crippen molar-refractivity contribution in [2.24, 2.45) is 0 Å². The second kappa shape index (κ2) is 9.93. The van der Waals surface area contributed by atoms with Crippen molar-refractivity contribution in [3.05, 3.63) is 86.8 Å². The molecule has 0 saturated heterocycles. The van der Waals surface area contributed by atoms with Crippen molar-refractivity contribution in [3.63, 3.8) is 0 Å². The minimum atomic E-state index is -1.13. The molecule has 28 heavy (non-hydrogen) atoms. The standard InChI is InChI=1S/C21H21BrN2O3S/c1-2-27-21(26)18(19(25)20-23-16(22)13-28-20)24-17(14-9-5-3-6-10-14)15-11-7-4-8-12-15/h3-13,17-19,24-25H,2H2,1H3. The lowest BCUT2D eigenvalue weighted by molar-refractivity contribution is -0.149. The van der Waals surface area contributed by atoms with Gasteiger partial charge in [-0.3, -0.25) is 10.1 Å². The first-order valence-corrected chi connectivity index (χ1v) is 10.6. The molecular formula is C21H21BrN2O3S. The summed E-state index contributed by atoms with van der Waals surface area (Å²) in [6.45, 7) is 1.97. The maximum Gasteiger partial charge on any atom is 0.326 e. The molecule has 146 valence electrons. The first kappa shape index (κ1) is 20.7. The molecule has 3 rings (SSSR count). The normalized spacial score (nSPS) is 13.3. The van der Waals surface area contributed by atoms with E-state index in [0.29, 0.717) is 9.61 Å². The fourth-order valence-corrected chi connectivity index (χ4v) is 4.21. The molecule has 2 unspecified atom stereocenters. The van der Waals surface area contributed by atoms with Crippen molar-refractivity contribution in [1.29, 1.82) is 0 Å². The number of ether oxygens (including phenoxy) is 1. The van der Waals surface area contributed by atoms with Crippen molar-refractivity contribution in [2.45, 2.75) is 25.1 Å². The number of aromatic nitrogens is 1. The van der Waals surface area contributed by atoms with E-state index in [1.54, 1.807) is 12.3 Å². The predicted octanol–water partition coefficient (Wildman–Crippen LogP) is 4.25. The predicted molar refractivity (Wildman–Crippen MR) is 113 cm³/mol. The summed E-state index contributed by atoms with van der Waals surface area (Å²) in [5, 5.41) is 16.4. The second-order valence-corrected chi connectivity index (χ2v) is 7.81. The summed E-state index contributed by atoms with van der Waals surface area (Å²) in [4.78, 5) is 16.9. The summed E-state index contributed by atoms with van der Waals surface area (Å²) in [7, 11) is 0. The van der Waals surface area contributed by atoms with Gasteiger partial charge >= 0.3 is 5.97 Å². The van der Waals surface area contributed by atoms with Crippen molar-refractivity contribution in [2.75, 3.05) is 6.61 Å². The Bertz CT molecular complexity index is 849. The Morgan fingerprint density at radius 2 is 1.71 bits per heavy atom. The molecule has 0 radical (unpaired) electrons. The van der Waals surface area contributed by atoms with Gasteiger partial charge in [0.05, 0.1) is 12.6 Å². The van der Waals surface area contributed by atoms with Gasteiger partial charge in [0.25, 0.3) is 0 Å². The van der Waals surface area contributed by atoms with Crippen molar-refractivity contribution < 1.29 is 14.6 Å². The van der Waals surface area contributed by atoms with Crippen LogP contribution in [0, 0.1) is 0 Å². The highest BCUT2D eigenvalue weighted by Crippen LogP contribution is 2.28. The maximum absolute atomic E-state index is 12.7. The Balaban J connectivity index is 1.96. The molecular weight excluding hydrogens is 440 g/mol. The molecule has 0 amide bonds. The van der Waals surface area contributed by atoms with Gasteiger partial charge in [-0.15, -0.1) is 11.3 Å². The van der Waals surface area contributed by atoms with E-state index in [9.17, 15) is 9.90 Å². The first-order valence-electron chi connectivity index (χ1n) is 8.91. The lowest BCUT2D eigenvalue weighted by atomic mass is 9.97. The highest BCUT2D eigenvalue weighted by Gasteiger charge is 2.34. The van der Waals surface area contributed by atoms with Crippen LogP contribution in [0.3, 0.4) is 0 Å². The van der Waals surface area contributed by atoms with E-state index in [1.807, 2.05) is 60.7 Å².